The molecule has 6 aromatic rings. The van der Waals surface area contributed by atoms with E-state index in [4.69, 9.17) is 11.5 Å². The quantitative estimate of drug-likeness (QED) is 0.0563. The molecule has 6 aromatic carbocycles. The number of rotatable bonds is 8. The van der Waals surface area contributed by atoms with Gasteiger partial charge in [-0.2, -0.15) is 35.5 Å². The Hall–Kier alpha value is -5.63. The minimum absolute atomic E-state index is 0.0196. The lowest BCUT2D eigenvalue weighted by Gasteiger charge is -2.11. The molecule has 0 spiro atoms. The van der Waals surface area contributed by atoms with Crippen molar-refractivity contribution < 1.29 is 38.9 Å². The van der Waals surface area contributed by atoms with Crippen molar-refractivity contribution in [2.24, 2.45) is 20.5 Å². The van der Waals surface area contributed by atoms with E-state index in [1.54, 1.807) is 37.3 Å². The average Bonchev–Trinajstić information content (AvgIpc) is 3.06. The molecule has 0 saturated heterocycles. The van der Waals surface area contributed by atoms with Gasteiger partial charge in [-0.05, 0) is 108 Å². The van der Waals surface area contributed by atoms with Crippen LogP contribution in [0.2, 0.25) is 0 Å². The monoisotopic (exact) mass is 760 g/mol. The summed E-state index contributed by atoms with van der Waals surface area (Å²) < 4.78 is 99.3. The van der Waals surface area contributed by atoms with E-state index in [1.807, 2.05) is 25.1 Å². The van der Waals surface area contributed by atoms with Crippen molar-refractivity contribution in [2.45, 2.75) is 28.5 Å². The zero-order valence-electron chi connectivity index (χ0n) is 27.1. The van der Waals surface area contributed by atoms with Gasteiger partial charge in [0.25, 0.3) is 30.4 Å². The maximum atomic E-state index is 12.1. The first kappa shape index (κ1) is 36.2. The normalized spacial score (nSPS) is 12.8. The lowest BCUT2D eigenvalue weighted by molar-refractivity contribution is 0.481. The highest BCUT2D eigenvalue weighted by Crippen LogP contribution is 2.40. The molecule has 0 fully saturated rings. The van der Waals surface area contributed by atoms with Crippen LogP contribution in [0.5, 0.6) is 0 Å². The molecule has 52 heavy (non-hydrogen) atoms. The lowest BCUT2D eigenvalue weighted by Crippen LogP contribution is -2.04. The third kappa shape index (κ3) is 7.24. The Morgan fingerprint density at radius 2 is 0.981 bits per heavy atom. The second-order valence-corrected chi connectivity index (χ2v) is 16.0. The molecule has 0 amide bonds. The summed E-state index contributed by atoms with van der Waals surface area (Å²) in [7, 11) is -13.9. The van der Waals surface area contributed by atoms with Gasteiger partial charge >= 0.3 is 0 Å². The molecule has 15 nitrogen and oxygen atoms in total. The average molecular weight is 761 g/mol. The number of benzene rings is 6. The maximum absolute atomic E-state index is 12.1. The summed E-state index contributed by atoms with van der Waals surface area (Å²) in [6.07, 6.45) is 0. The van der Waals surface area contributed by atoms with E-state index in [0.717, 1.165) is 34.9 Å². The van der Waals surface area contributed by atoms with Gasteiger partial charge in [0.15, 0.2) is 0 Å². The molecule has 0 aromatic heterocycles. The minimum atomic E-state index is -4.85. The second-order valence-electron chi connectivity index (χ2n) is 11.7. The Kier molecular flexibility index (Phi) is 9.16. The summed E-state index contributed by atoms with van der Waals surface area (Å²) in [6, 6.07) is 22.5. The van der Waals surface area contributed by atoms with Crippen molar-refractivity contribution in [3.05, 3.63) is 102 Å². The summed E-state index contributed by atoms with van der Waals surface area (Å²) in [5.41, 5.74) is 16.5. The molecule has 0 radical (unpaired) electrons. The first-order valence-corrected chi connectivity index (χ1v) is 19.3. The van der Waals surface area contributed by atoms with Crippen LogP contribution in [-0.2, 0) is 30.4 Å². The minimum Gasteiger partial charge on any atom is -0.397 e. The molecule has 0 bridgehead atoms. The van der Waals surface area contributed by atoms with Crippen LogP contribution >= 0.6 is 0 Å². The SMILES string of the molecule is Cc1cc(-c2ccc(N=Nc3c(N)c(S(=O)(=O)O)cc4cc(S(=O)(=O)O)ccc34)c(C)c2)ccc1N=Nc1c(N)ccc2cc(S(=O)(=O)O)ccc12. The van der Waals surface area contributed by atoms with Gasteiger partial charge in [0, 0.05) is 10.8 Å². The van der Waals surface area contributed by atoms with E-state index < -0.39 is 45.8 Å². The predicted molar refractivity (Wildman–Crippen MR) is 196 cm³/mol. The highest BCUT2D eigenvalue weighted by Gasteiger charge is 2.22. The molecule has 7 N–H and O–H groups in total. The van der Waals surface area contributed by atoms with E-state index in [-0.39, 0.29) is 21.4 Å². The summed E-state index contributed by atoms with van der Waals surface area (Å²) in [5, 5.41) is 18.5. The highest BCUT2D eigenvalue weighted by molar-refractivity contribution is 7.86. The number of nitrogen functional groups attached to an aromatic ring is 2. The van der Waals surface area contributed by atoms with E-state index >= 15 is 0 Å². The first-order chi connectivity index (χ1) is 24.3. The number of hydrogen-bond donors (Lipinski definition) is 5. The Labute approximate surface area is 297 Å². The fourth-order valence-corrected chi connectivity index (χ4v) is 7.20. The molecule has 18 heteroatoms. The molecule has 0 aliphatic carbocycles. The van der Waals surface area contributed by atoms with Crippen molar-refractivity contribution in [1.82, 2.24) is 0 Å². The molecular weight excluding hydrogens is 733 g/mol. The van der Waals surface area contributed by atoms with Crippen LogP contribution in [0.1, 0.15) is 11.1 Å². The van der Waals surface area contributed by atoms with Crippen molar-refractivity contribution in [1.29, 1.82) is 0 Å². The van der Waals surface area contributed by atoms with E-state index in [1.165, 1.54) is 24.3 Å². The molecule has 0 saturated carbocycles. The summed E-state index contributed by atoms with van der Waals surface area (Å²) in [5.74, 6) is 0. The molecule has 0 unspecified atom stereocenters. The fourth-order valence-electron chi connectivity index (χ4n) is 5.52. The Morgan fingerprint density at radius 3 is 1.46 bits per heavy atom. The zero-order chi connectivity index (χ0) is 37.7. The molecule has 6 rings (SSSR count). The first-order valence-electron chi connectivity index (χ1n) is 15.0. The van der Waals surface area contributed by atoms with Gasteiger partial charge in [-0.25, -0.2) is 0 Å². The Morgan fingerprint density at radius 1 is 0.500 bits per heavy atom. The second kappa shape index (κ2) is 13.2. The van der Waals surface area contributed by atoms with Crippen molar-refractivity contribution in [3.8, 4) is 11.1 Å². The fraction of sp³-hybridized carbons (Fsp3) is 0.0588. The van der Waals surface area contributed by atoms with Gasteiger partial charge in [0.1, 0.15) is 16.3 Å². The van der Waals surface area contributed by atoms with E-state index in [2.05, 4.69) is 20.5 Å². The molecular formula is C34H28N6O9S3. The van der Waals surface area contributed by atoms with Gasteiger partial charge in [0.2, 0.25) is 0 Å². The van der Waals surface area contributed by atoms with Crippen molar-refractivity contribution in [2.75, 3.05) is 11.5 Å². The molecule has 0 heterocycles. The number of fused-ring (bicyclic) bond motifs is 2. The van der Waals surface area contributed by atoms with Crippen LogP contribution in [0.4, 0.5) is 34.1 Å². The Bertz CT molecular complexity index is 2880. The summed E-state index contributed by atoms with van der Waals surface area (Å²) in [6.45, 7) is 3.64. The molecule has 266 valence electrons. The topological polar surface area (TPSA) is 265 Å². The molecule has 0 aliphatic heterocycles. The van der Waals surface area contributed by atoms with Crippen LogP contribution in [0.3, 0.4) is 0 Å². The van der Waals surface area contributed by atoms with Crippen LogP contribution < -0.4 is 11.5 Å². The number of aryl methyl sites for hydroxylation is 2. The number of nitrogens with zero attached hydrogens (tertiary/aromatic N) is 4. The van der Waals surface area contributed by atoms with Crippen molar-refractivity contribution in [3.63, 3.8) is 0 Å². The van der Waals surface area contributed by atoms with E-state index in [0.29, 0.717) is 39.1 Å². The largest absolute Gasteiger partial charge is 0.397 e. The summed E-state index contributed by atoms with van der Waals surface area (Å²) >= 11 is 0. The number of hydrogen-bond acceptors (Lipinski definition) is 12. The predicted octanol–water partition coefficient (Wildman–Crippen LogP) is 8.01. The van der Waals surface area contributed by atoms with Gasteiger partial charge in [0.05, 0.1) is 32.5 Å². The standard InChI is InChI=1S/C34H28N6O9S3/c1-18-13-20(4-11-29(18)37-39-33-26-8-6-24(50(41,42)43)15-22(26)3-10-28(33)35)21-5-12-30(19(2)14-21)38-40-34-27-9-7-25(51(44,45)46)16-23(27)17-31(32(34)36)52(47,48)49/h3-17H,35-36H2,1-2H3,(H,41,42,43)(H,44,45,46)(H,47,48,49). The maximum Gasteiger partial charge on any atom is 0.296 e. The van der Waals surface area contributed by atoms with E-state index in [9.17, 15) is 38.9 Å². The lowest BCUT2D eigenvalue weighted by atomic mass is 10.0. The number of nitrogens with two attached hydrogens (primary N) is 2. The Balaban J connectivity index is 1.30. The number of anilines is 2. The molecule has 0 atom stereocenters. The zero-order valence-corrected chi connectivity index (χ0v) is 29.6. The molecule has 0 aliphatic rings. The highest BCUT2D eigenvalue weighted by atomic mass is 32.2. The third-order valence-electron chi connectivity index (χ3n) is 8.20. The van der Waals surface area contributed by atoms with Crippen LogP contribution in [0, 0.1) is 13.8 Å². The van der Waals surface area contributed by atoms with Gasteiger partial charge in [-0.1, -0.05) is 30.3 Å². The van der Waals surface area contributed by atoms with Gasteiger partial charge < -0.3 is 11.5 Å². The van der Waals surface area contributed by atoms with Crippen LogP contribution in [-0.4, -0.2) is 38.9 Å². The van der Waals surface area contributed by atoms with Crippen LogP contribution in [0.25, 0.3) is 32.7 Å². The van der Waals surface area contributed by atoms with Gasteiger partial charge in [-0.3, -0.25) is 13.7 Å². The smallest absolute Gasteiger partial charge is 0.296 e. The number of azo groups is 2. The van der Waals surface area contributed by atoms with Crippen LogP contribution in [0.15, 0.2) is 126 Å². The van der Waals surface area contributed by atoms with Crippen molar-refractivity contribution >= 4 is 86.0 Å². The van der Waals surface area contributed by atoms with Gasteiger partial charge in [-0.15, -0.1) is 10.2 Å². The third-order valence-corrected chi connectivity index (χ3v) is 10.8. The summed E-state index contributed by atoms with van der Waals surface area (Å²) in [4.78, 5) is -1.46.